The van der Waals surface area contributed by atoms with E-state index in [4.69, 9.17) is 5.14 Å². The minimum atomic E-state index is -3.80. The lowest BCUT2D eigenvalue weighted by Crippen LogP contribution is -2.13. The minimum absolute atomic E-state index is 0.334. The number of primary sulfonamides is 1. The molecular weight excluding hydrogens is 171 g/mol. The second-order valence-electron chi connectivity index (χ2n) is 1.86. The number of pyridine rings is 1. The third kappa shape index (κ3) is 1.95. The van der Waals surface area contributed by atoms with Crippen molar-refractivity contribution in [1.82, 2.24) is 4.98 Å². The van der Waals surface area contributed by atoms with Gasteiger partial charge in [-0.3, -0.25) is 0 Å². The fourth-order valence-corrected chi connectivity index (χ4v) is 0.988. The van der Waals surface area contributed by atoms with Crippen molar-refractivity contribution in [2.75, 3.05) is 0 Å². The number of hydrogen-bond acceptors (Lipinski definition) is 3. The van der Waals surface area contributed by atoms with Gasteiger partial charge >= 0.3 is 0 Å². The Hall–Kier alpha value is -1.01. The number of hydrogen-bond donors (Lipinski definition) is 1. The van der Waals surface area contributed by atoms with Crippen LogP contribution in [0.25, 0.3) is 0 Å². The highest BCUT2D eigenvalue weighted by Crippen LogP contribution is 2.01. The standard InChI is InChI=1S/C5H5FN2O2S/c6-4-1-2-5(8-3-4)11(7,9)10/h1-3H,(H2,7,9,10). The highest BCUT2D eigenvalue weighted by molar-refractivity contribution is 7.89. The summed E-state index contributed by atoms with van der Waals surface area (Å²) in [5, 5.41) is 4.36. The van der Waals surface area contributed by atoms with Gasteiger partial charge in [-0.05, 0) is 12.1 Å². The lowest BCUT2D eigenvalue weighted by molar-refractivity contribution is 0.589. The van der Waals surface area contributed by atoms with E-state index in [9.17, 15) is 12.8 Å². The molecule has 0 bridgehead atoms. The SMILES string of the molecule is NS(=O)(=O)c1ccc(F)cn1. The zero-order chi connectivity index (χ0) is 8.48. The summed E-state index contributed by atoms with van der Waals surface area (Å²) in [6.45, 7) is 0. The van der Waals surface area contributed by atoms with E-state index in [-0.39, 0.29) is 5.03 Å². The van der Waals surface area contributed by atoms with E-state index < -0.39 is 15.8 Å². The molecule has 0 unspecified atom stereocenters. The van der Waals surface area contributed by atoms with E-state index in [1.54, 1.807) is 0 Å². The number of rotatable bonds is 1. The Morgan fingerprint density at radius 1 is 1.45 bits per heavy atom. The number of halogens is 1. The quantitative estimate of drug-likeness (QED) is 0.647. The molecule has 0 amide bonds. The van der Waals surface area contributed by atoms with Gasteiger partial charge < -0.3 is 0 Å². The molecule has 6 heteroatoms. The first kappa shape index (κ1) is 8.09. The van der Waals surface area contributed by atoms with Gasteiger partial charge in [-0.25, -0.2) is 22.9 Å². The Morgan fingerprint density at radius 2 is 2.09 bits per heavy atom. The molecule has 0 aliphatic carbocycles. The summed E-state index contributed by atoms with van der Waals surface area (Å²) in [5.41, 5.74) is 0. The van der Waals surface area contributed by atoms with E-state index in [2.05, 4.69) is 4.98 Å². The highest BCUT2D eigenvalue weighted by Gasteiger charge is 2.07. The van der Waals surface area contributed by atoms with Crippen LogP contribution in [0.3, 0.4) is 0 Å². The van der Waals surface area contributed by atoms with Gasteiger partial charge in [0.1, 0.15) is 5.82 Å². The molecule has 0 atom stereocenters. The molecule has 2 N–H and O–H groups in total. The summed E-state index contributed by atoms with van der Waals surface area (Å²) >= 11 is 0. The summed E-state index contributed by atoms with van der Waals surface area (Å²) < 4.78 is 33.3. The molecule has 0 saturated heterocycles. The maximum atomic E-state index is 12.2. The molecule has 0 aliphatic rings. The maximum absolute atomic E-state index is 12.2. The molecule has 1 heterocycles. The molecule has 1 aromatic rings. The summed E-state index contributed by atoms with van der Waals surface area (Å²) in [4.78, 5) is 3.26. The average molecular weight is 176 g/mol. The fraction of sp³-hybridized carbons (Fsp3) is 0. The summed E-state index contributed by atoms with van der Waals surface area (Å²) in [5.74, 6) is -0.600. The average Bonchev–Trinajstić information content (AvgIpc) is 1.86. The van der Waals surface area contributed by atoms with Crippen LogP contribution in [0, 0.1) is 5.82 Å². The summed E-state index contributed by atoms with van der Waals surface area (Å²) in [6, 6.07) is 1.98. The molecule has 4 nitrogen and oxygen atoms in total. The Morgan fingerprint density at radius 3 is 2.45 bits per heavy atom. The van der Waals surface area contributed by atoms with Crippen molar-refractivity contribution in [1.29, 1.82) is 0 Å². The third-order valence-electron chi connectivity index (χ3n) is 0.992. The van der Waals surface area contributed by atoms with Crippen LogP contribution in [0.4, 0.5) is 4.39 Å². The molecule has 0 radical (unpaired) electrons. The van der Waals surface area contributed by atoms with E-state index in [0.29, 0.717) is 0 Å². The third-order valence-corrected chi connectivity index (χ3v) is 1.82. The van der Waals surface area contributed by atoms with Crippen molar-refractivity contribution >= 4 is 10.0 Å². The summed E-state index contributed by atoms with van der Waals surface area (Å²) in [6.07, 6.45) is 0.791. The Kier molecular flexibility index (Phi) is 1.88. The van der Waals surface area contributed by atoms with Crippen LogP contribution in [0.1, 0.15) is 0 Å². The Labute approximate surface area is 62.9 Å². The maximum Gasteiger partial charge on any atom is 0.255 e. The minimum Gasteiger partial charge on any atom is -0.240 e. The lowest BCUT2D eigenvalue weighted by atomic mass is 10.5. The van der Waals surface area contributed by atoms with E-state index in [0.717, 1.165) is 18.3 Å². The molecule has 0 saturated carbocycles. The topological polar surface area (TPSA) is 73.1 Å². The van der Waals surface area contributed by atoms with Gasteiger partial charge in [0, 0.05) is 0 Å². The molecular formula is C5H5FN2O2S. The molecule has 0 aromatic carbocycles. The zero-order valence-corrected chi connectivity index (χ0v) is 6.18. The first-order valence-corrected chi connectivity index (χ1v) is 4.19. The van der Waals surface area contributed by atoms with Gasteiger partial charge in [-0.15, -0.1) is 0 Å². The van der Waals surface area contributed by atoms with Gasteiger partial charge in [0.15, 0.2) is 5.03 Å². The monoisotopic (exact) mass is 176 g/mol. The van der Waals surface area contributed by atoms with Crippen LogP contribution in [-0.2, 0) is 10.0 Å². The van der Waals surface area contributed by atoms with Crippen LogP contribution in [0.15, 0.2) is 23.4 Å². The van der Waals surface area contributed by atoms with Gasteiger partial charge in [0.05, 0.1) is 6.20 Å². The Balaban J connectivity index is 3.20. The fourth-order valence-electron chi connectivity index (χ4n) is 0.531. The lowest BCUT2D eigenvalue weighted by Gasteiger charge is -1.93. The molecule has 1 rings (SSSR count). The first-order chi connectivity index (χ1) is 5.00. The molecule has 1 aromatic heterocycles. The molecule has 0 fully saturated rings. The molecule has 0 aliphatic heterocycles. The van der Waals surface area contributed by atoms with Crippen molar-refractivity contribution < 1.29 is 12.8 Å². The van der Waals surface area contributed by atoms with E-state index in [1.165, 1.54) is 0 Å². The number of sulfonamides is 1. The van der Waals surface area contributed by atoms with Gasteiger partial charge in [-0.2, -0.15) is 0 Å². The molecule has 60 valence electrons. The van der Waals surface area contributed by atoms with Crippen LogP contribution in [0.2, 0.25) is 0 Å². The number of nitrogens with zero attached hydrogens (tertiary/aromatic N) is 1. The molecule has 0 spiro atoms. The van der Waals surface area contributed by atoms with Crippen LogP contribution < -0.4 is 5.14 Å². The van der Waals surface area contributed by atoms with Crippen LogP contribution >= 0.6 is 0 Å². The van der Waals surface area contributed by atoms with Crippen molar-refractivity contribution in [2.45, 2.75) is 5.03 Å². The van der Waals surface area contributed by atoms with Gasteiger partial charge in [-0.1, -0.05) is 0 Å². The zero-order valence-electron chi connectivity index (χ0n) is 5.36. The van der Waals surface area contributed by atoms with Crippen molar-refractivity contribution in [2.24, 2.45) is 5.14 Å². The molecule has 11 heavy (non-hydrogen) atoms. The second kappa shape index (κ2) is 2.55. The normalized spacial score (nSPS) is 11.5. The number of nitrogens with two attached hydrogens (primary N) is 1. The van der Waals surface area contributed by atoms with E-state index in [1.807, 2.05) is 0 Å². The van der Waals surface area contributed by atoms with Crippen LogP contribution in [-0.4, -0.2) is 13.4 Å². The van der Waals surface area contributed by atoms with E-state index >= 15 is 0 Å². The van der Waals surface area contributed by atoms with Gasteiger partial charge in [0.2, 0.25) is 0 Å². The predicted molar refractivity (Wildman–Crippen MR) is 35.6 cm³/mol. The Bertz CT molecular complexity index is 345. The largest absolute Gasteiger partial charge is 0.255 e. The predicted octanol–water partition coefficient (Wildman–Crippen LogP) is -0.132. The van der Waals surface area contributed by atoms with Crippen molar-refractivity contribution in [3.05, 3.63) is 24.1 Å². The number of aromatic nitrogens is 1. The van der Waals surface area contributed by atoms with Crippen LogP contribution in [0.5, 0.6) is 0 Å². The summed E-state index contributed by atoms with van der Waals surface area (Å²) in [7, 11) is -3.80. The van der Waals surface area contributed by atoms with Gasteiger partial charge in [0.25, 0.3) is 10.0 Å². The first-order valence-electron chi connectivity index (χ1n) is 2.64. The second-order valence-corrected chi connectivity index (χ2v) is 3.37. The highest BCUT2D eigenvalue weighted by atomic mass is 32.2. The smallest absolute Gasteiger partial charge is 0.240 e. The van der Waals surface area contributed by atoms with Crippen molar-refractivity contribution in [3.8, 4) is 0 Å². The van der Waals surface area contributed by atoms with Crippen molar-refractivity contribution in [3.63, 3.8) is 0 Å².